The van der Waals surface area contributed by atoms with Gasteiger partial charge in [-0.3, -0.25) is 4.90 Å². The Hall–Kier alpha value is -2.72. The van der Waals surface area contributed by atoms with Crippen molar-refractivity contribution >= 4 is 16.9 Å². The molecule has 6 rings (SSSR count). The predicted molar refractivity (Wildman–Crippen MR) is 118 cm³/mol. The van der Waals surface area contributed by atoms with Gasteiger partial charge in [0.25, 0.3) is 0 Å². The highest BCUT2D eigenvalue weighted by molar-refractivity contribution is 5.88. The molecule has 2 aliphatic heterocycles. The molecular weight excluding hydrogens is 450 g/mol. The summed E-state index contributed by atoms with van der Waals surface area (Å²) < 4.78 is 60.3. The normalized spacial score (nSPS) is 27.2. The van der Waals surface area contributed by atoms with Crippen LogP contribution in [0.1, 0.15) is 34.8 Å². The molecule has 2 saturated heterocycles. The summed E-state index contributed by atoms with van der Waals surface area (Å²) >= 11 is 0. The average Bonchev–Trinajstić information content (AvgIpc) is 3.49. The summed E-state index contributed by atoms with van der Waals surface area (Å²) in [4.78, 5) is 13.0. The van der Waals surface area contributed by atoms with Crippen LogP contribution in [0.2, 0.25) is 0 Å². The minimum Gasteiger partial charge on any atom is -0.381 e. The van der Waals surface area contributed by atoms with Crippen LogP contribution in [0.3, 0.4) is 0 Å². The van der Waals surface area contributed by atoms with Crippen molar-refractivity contribution < 1.29 is 22.3 Å². The van der Waals surface area contributed by atoms with Crippen molar-refractivity contribution in [3.63, 3.8) is 0 Å². The number of anilines is 1. The zero-order chi connectivity index (χ0) is 23.6. The zero-order valence-corrected chi connectivity index (χ0v) is 18.6. The van der Waals surface area contributed by atoms with Crippen molar-refractivity contribution in [2.24, 2.45) is 11.8 Å². The van der Waals surface area contributed by atoms with Gasteiger partial charge in [0, 0.05) is 31.0 Å². The van der Waals surface area contributed by atoms with Crippen LogP contribution in [0.15, 0.2) is 24.5 Å². The minimum absolute atomic E-state index is 0.0613. The van der Waals surface area contributed by atoms with Crippen LogP contribution < -0.4 is 5.32 Å². The molecule has 10 heteroatoms. The number of hydrogen-bond donors (Lipinski definition) is 2. The molecule has 180 valence electrons. The summed E-state index contributed by atoms with van der Waals surface area (Å²) in [7, 11) is 0. The number of aromatic nitrogens is 3. The maximum absolute atomic E-state index is 14.7. The smallest absolute Gasteiger partial charge is 0.381 e. The maximum atomic E-state index is 14.7. The van der Waals surface area contributed by atoms with Crippen LogP contribution in [0, 0.1) is 24.6 Å². The predicted octanol–water partition coefficient (Wildman–Crippen LogP) is 4.47. The summed E-state index contributed by atoms with van der Waals surface area (Å²) in [6, 6.07) is 4.23. The maximum Gasteiger partial charge on any atom is 0.431 e. The van der Waals surface area contributed by atoms with Crippen LogP contribution in [-0.2, 0) is 17.3 Å². The molecule has 0 spiro atoms. The van der Waals surface area contributed by atoms with Gasteiger partial charge in [-0.15, -0.1) is 0 Å². The molecule has 0 saturated carbocycles. The SMILES string of the molecule is Cc1cc2c(cc1F)C(Nc1ncnc3[nH]c(C(F)(F)F)cc13)C(N1CC3COCC3C1)CC2. The van der Waals surface area contributed by atoms with Crippen molar-refractivity contribution in [3.05, 3.63) is 52.7 Å². The lowest BCUT2D eigenvalue weighted by Gasteiger charge is -2.40. The van der Waals surface area contributed by atoms with E-state index in [9.17, 15) is 17.6 Å². The van der Waals surface area contributed by atoms with E-state index in [1.54, 1.807) is 13.0 Å². The molecule has 6 nitrogen and oxygen atoms in total. The molecule has 0 bridgehead atoms. The summed E-state index contributed by atoms with van der Waals surface area (Å²) in [6.45, 7) is 5.06. The second-order valence-corrected chi connectivity index (χ2v) is 9.71. The number of halogens is 4. The summed E-state index contributed by atoms with van der Waals surface area (Å²) in [5.74, 6) is 0.998. The lowest BCUT2D eigenvalue weighted by Crippen LogP contribution is -2.44. The lowest BCUT2D eigenvalue weighted by molar-refractivity contribution is -0.140. The molecule has 2 aromatic heterocycles. The first kappa shape index (κ1) is 21.8. The highest BCUT2D eigenvalue weighted by Gasteiger charge is 2.43. The van der Waals surface area contributed by atoms with E-state index in [1.165, 1.54) is 6.33 Å². The minimum atomic E-state index is -4.52. The van der Waals surface area contributed by atoms with Gasteiger partial charge in [-0.05, 0) is 48.6 Å². The number of benzene rings is 1. The number of ether oxygens (including phenoxy) is 1. The fourth-order valence-electron chi connectivity index (χ4n) is 5.86. The molecule has 34 heavy (non-hydrogen) atoms. The standard InChI is InChI=1S/C24H25F4N5O/c1-12-4-13-2-3-19(33-7-14-9-34-10-15(14)8-33)21(16(13)5-18(12)25)32-23-17-6-20(24(26,27)28)31-22(17)29-11-30-23/h4-6,11,14-15,19,21H,2-3,7-10H2,1H3,(H2,29,30,31,32). The van der Waals surface area contributed by atoms with Gasteiger partial charge < -0.3 is 15.0 Å². The monoisotopic (exact) mass is 475 g/mol. The van der Waals surface area contributed by atoms with Gasteiger partial charge in [0.15, 0.2) is 0 Å². The Morgan fingerprint density at radius 3 is 2.62 bits per heavy atom. The van der Waals surface area contributed by atoms with Gasteiger partial charge >= 0.3 is 6.18 Å². The quantitative estimate of drug-likeness (QED) is 0.548. The van der Waals surface area contributed by atoms with Crippen LogP contribution in [0.5, 0.6) is 0 Å². The molecule has 1 aromatic carbocycles. The number of aryl methyl sites for hydroxylation is 2. The third kappa shape index (κ3) is 3.63. The third-order valence-electron chi connectivity index (χ3n) is 7.61. The van der Waals surface area contributed by atoms with E-state index in [0.29, 0.717) is 23.2 Å². The number of rotatable bonds is 3. The number of likely N-dealkylation sites (tertiary alicyclic amines) is 1. The van der Waals surface area contributed by atoms with Gasteiger partial charge in [0.2, 0.25) is 0 Å². The van der Waals surface area contributed by atoms with Crippen molar-refractivity contribution in [3.8, 4) is 0 Å². The Morgan fingerprint density at radius 2 is 1.88 bits per heavy atom. The largest absolute Gasteiger partial charge is 0.431 e. The summed E-state index contributed by atoms with van der Waals surface area (Å²) in [5, 5.41) is 3.67. The van der Waals surface area contributed by atoms with Crippen molar-refractivity contribution in [2.75, 3.05) is 31.6 Å². The zero-order valence-electron chi connectivity index (χ0n) is 18.6. The van der Waals surface area contributed by atoms with E-state index in [-0.39, 0.29) is 28.9 Å². The molecule has 3 aliphatic rings. The van der Waals surface area contributed by atoms with Crippen LogP contribution in [-0.4, -0.2) is 52.2 Å². The van der Waals surface area contributed by atoms with Gasteiger partial charge in [-0.2, -0.15) is 13.2 Å². The Kier molecular flexibility index (Phi) is 5.07. The fraction of sp³-hybridized carbons (Fsp3) is 0.500. The fourth-order valence-corrected chi connectivity index (χ4v) is 5.86. The van der Waals surface area contributed by atoms with Crippen LogP contribution in [0.4, 0.5) is 23.4 Å². The van der Waals surface area contributed by atoms with Gasteiger partial charge in [-0.1, -0.05) is 6.07 Å². The molecule has 4 heterocycles. The van der Waals surface area contributed by atoms with Gasteiger partial charge in [-0.25, -0.2) is 14.4 Å². The first-order valence-corrected chi connectivity index (χ1v) is 11.6. The average molecular weight is 475 g/mol. The van der Waals surface area contributed by atoms with Crippen molar-refractivity contribution in [1.82, 2.24) is 19.9 Å². The van der Waals surface area contributed by atoms with E-state index in [0.717, 1.165) is 56.3 Å². The molecule has 2 N–H and O–H groups in total. The highest BCUT2D eigenvalue weighted by atomic mass is 19.4. The number of fused-ring (bicyclic) bond motifs is 3. The lowest BCUT2D eigenvalue weighted by atomic mass is 9.82. The van der Waals surface area contributed by atoms with E-state index in [2.05, 4.69) is 25.2 Å². The molecule has 2 fully saturated rings. The number of hydrogen-bond acceptors (Lipinski definition) is 5. The Balaban J connectivity index is 1.40. The molecule has 0 radical (unpaired) electrons. The van der Waals surface area contributed by atoms with Crippen LogP contribution in [0.25, 0.3) is 11.0 Å². The second kappa shape index (κ2) is 7.91. The third-order valence-corrected chi connectivity index (χ3v) is 7.61. The van der Waals surface area contributed by atoms with E-state index >= 15 is 0 Å². The molecule has 3 aromatic rings. The number of nitrogens with one attached hydrogen (secondary N) is 2. The van der Waals surface area contributed by atoms with E-state index < -0.39 is 11.9 Å². The molecule has 1 aliphatic carbocycles. The number of aromatic amines is 1. The summed E-state index contributed by atoms with van der Waals surface area (Å²) in [6.07, 6.45) is -1.59. The second-order valence-electron chi connectivity index (χ2n) is 9.71. The molecule has 0 amide bonds. The Labute approximate surface area is 193 Å². The Morgan fingerprint density at radius 1 is 1.12 bits per heavy atom. The number of alkyl halides is 3. The number of H-pyrrole nitrogens is 1. The van der Waals surface area contributed by atoms with Crippen molar-refractivity contribution in [1.29, 1.82) is 0 Å². The molecular formula is C24H25F4N5O. The number of nitrogens with zero attached hydrogens (tertiary/aromatic N) is 3. The molecule has 4 atom stereocenters. The Bertz CT molecular complexity index is 1230. The highest BCUT2D eigenvalue weighted by Crippen LogP contribution is 2.41. The van der Waals surface area contributed by atoms with Crippen molar-refractivity contribution in [2.45, 2.75) is 38.0 Å². The van der Waals surface area contributed by atoms with Gasteiger partial charge in [0.05, 0.1) is 24.6 Å². The summed E-state index contributed by atoms with van der Waals surface area (Å²) in [5.41, 5.74) is 1.73. The first-order valence-electron chi connectivity index (χ1n) is 11.6. The first-order chi connectivity index (χ1) is 16.3. The molecule has 4 unspecified atom stereocenters. The topological polar surface area (TPSA) is 66.1 Å². The van der Waals surface area contributed by atoms with E-state index in [1.807, 2.05) is 6.07 Å². The van der Waals surface area contributed by atoms with E-state index in [4.69, 9.17) is 4.74 Å². The van der Waals surface area contributed by atoms with Crippen LogP contribution >= 0.6 is 0 Å². The van der Waals surface area contributed by atoms with Gasteiger partial charge in [0.1, 0.15) is 29.3 Å².